The van der Waals surface area contributed by atoms with E-state index >= 15 is 0 Å². The Morgan fingerprint density at radius 1 is 1.42 bits per heavy atom. The van der Waals surface area contributed by atoms with Crippen molar-refractivity contribution < 1.29 is 4.74 Å². The second kappa shape index (κ2) is 5.14. The number of nitrogens with zero attached hydrogens (tertiary/aromatic N) is 5. The topological polar surface area (TPSA) is 65.7 Å². The number of hydrogen-bond acceptors (Lipinski definition) is 6. The van der Waals surface area contributed by atoms with E-state index in [1.807, 2.05) is 19.1 Å². The van der Waals surface area contributed by atoms with Gasteiger partial charge in [-0.2, -0.15) is 4.98 Å². The number of rotatable bonds is 4. The molecule has 3 aromatic heterocycles. The molecule has 3 rings (SSSR count). The molecule has 0 saturated heterocycles. The predicted octanol–water partition coefficient (Wildman–Crippen LogP) is 2.50. The third-order valence-electron chi connectivity index (χ3n) is 2.48. The fourth-order valence-electron chi connectivity index (χ4n) is 1.54. The maximum absolute atomic E-state index is 5.09. The van der Waals surface area contributed by atoms with Crippen LogP contribution in [0.1, 0.15) is 12.7 Å². The Balaban J connectivity index is 1.88. The molecule has 0 N–H and O–H groups in total. The van der Waals surface area contributed by atoms with Crippen LogP contribution in [0.25, 0.3) is 11.0 Å². The normalized spacial score (nSPS) is 12.0. The van der Waals surface area contributed by atoms with E-state index in [1.54, 1.807) is 17.5 Å². The van der Waals surface area contributed by atoms with Crippen molar-refractivity contribution in [1.82, 2.24) is 23.5 Å². The molecular weight excluding hydrogens is 282 g/mol. The van der Waals surface area contributed by atoms with Gasteiger partial charge in [-0.05, 0) is 10.4 Å². The number of pyridine rings is 1. The fourth-order valence-corrected chi connectivity index (χ4v) is 4.19. The van der Waals surface area contributed by atoms with Gasteiger partial charge >= 0.3 is 0 Å². The van der Waals surface area contributed by atoms with E-state index in [1.165, 1.54) is 11.0 Å². The molecule has 0 radical (unpaired) electrons. The van der Waals surface area contributed by atoms with Crippen molar-refractivity contribution in [2.75, 3.05) is 7.11 Å². The molecule has 6 nitrogen and oxygen atoms in total. The molecule has 0 aliphatic rings. The summed E-state index contributed by atoms with van der Waals surface area (Å²) in [6.07, 6.45) is 2.55. The third kappa shape index (κ3) is 2.54. The summed E-state index contributed by atoms with van der Waals surface area (Å²) in [6.45, 7) is 2.03. The standard InChI is InChI=1S/C11H12N5OS2/c1-3-9-12-7-16(14-9)18-19-6-8-4-5-10(17-2)13-11(8)15-19/h4-7H,3H2,1-2H3/q+1. The first-order chi connectivity index (χ1) is 9.28. The lowest BCUT2D eigenvalue weighted by atomic mass is 10.4. The van der Waals surface area contributed by atoms with E-state index in [0.717, 1.165) is 23.3 Å². The minimum atomic E-state index is -0.315. The van der Waals surface area contributed by atoms with Gasteiger partial charge in [0.2, 0.25) is 11.5 Å². The summed E-state index contributed by atoms with van der Waals surface area (Å²) < 4.78 is 11.4. The maximum atomic E-state index is 5.09. The second-order valence-corrected chi connectivity index (χ2v) is 6.71. The molecule has 0 aliphatic heterocycles. The van der Waals surface area contributed by atoms with Crippen molar-refractivity contribution in [3.8, 4) is 5.88 Å². The average molecular weight is 294 g/mol. The Morgan fingerprint density at radius 3 is 3.05 bits per heavy atom. The van der Waals surface area contributed by atoms with Crippen LogP contribution in [0.5, 0.6) is 5.88 Å². The minimum Gasteiger partial charge on any atom is -0.481 e. The lowest BCUT2D eigenvalue weighted by Crippen LogP contribution is -1.87. The fraction of sp³-hybridized carbons (Fsp3) is 0.273. The zero-order valence-electron chi connectivity index (χ0n) is 10.5. The van der Waals surface area contributed by atoms with E-state index in [9.17, 15) is 0 Å². The number of methoxy groups -OCH3 is 1. The minimum absolute atomic E-state index is 0.315. The zero-order chi connectivity index (χ0) is 13.2. The van der Waals surface area contributed by atoms with Crippen LogP contribution in [-0.2, 0) is 6.42 Å². The van der Waals surface area contributed by atoms with Crippen molar-refractivity contribution in [2.24, 2.45) is 0 Å². The van der Waals surface area contributed by atoms with Gasteiger partial charge in [-0.1, -0.05) is 6.92 Å². The van der Waals surface area contributed by atoms with Gasteiger partial charge in [-0.15, -0.1) is 9.19 Å². The Kier molecular flexibility index (Phi) is 3.34. The first-order valence-corrected chi connectivity index (χ1v) is 8.26. The van der Waals surface area contributed by atoms with E-state index < -0.39 is 0 Å². The van der Waals surface area contributed by atoms with Gasteiger partial charge in [0.25, 0.3) is 11.0 Å². The molecule has 0 spiro atoms. The summed E-state index contributed by atoms with van der Waals surface area (Å²) in [5.41, 5.74) is 0.728. The van der Waals surface area contributed by atoms with Gasteiger partial charge in [-0.3, -0.25) is 0 Å². The highest BCUT2D eigenvalue weighted by molar-refractivity contribution is 8.43. The molecule has 0 fully saturated rings. The van der Waals surface area contributed by atoms with Crippen LogP contribution in [0.4, 0.5) is 0 Å². The smallest absolute Gasteiger partial charge is 0.295 e. The third-order valence-corrected chi connectivity index (χ3v) is 5.20. The van der Waals surface area contributed by atoms with Crippen molar-refractivity contribution >= 4 is 31.7 Å². The van der Waals surface area contributed by atoms with E-state index in [-0.39, 0.29) is 9.70 Å². The molecule has 0 aliphatic carbocycles. The first-order valence-electron chi connectivity index (χ1n) is 5.72. The number of hydrogen-bond donors (Lipinski definition) is 0. The highest BCUT2D eigenvalue weighted by Crippen LogP contribution is 2.34. The van der Waals surface area contributed by atoms with Crippen molar-refractivity contribution in [1.29, 1.82) is 0 Å². The van der Waals surface area contributed by atoms with Crippen LogP contribution in [-0.4, -0.2) is 30.6 Å². The number of ether oxygens (including phenoxy) is 1. The van der Waals surface area contributed by atoms with Crippen LogP contribution in [0.3, 0.4) is 0 Å². The Labute approximate surface area is 116 Å². The predicted molar refractivity (Wildman–Crippen MR) is 76.4 cm³/mol. The number of aryl methyl sites for hydroxylation is 1. The highest BCUT2D eigenvalue weighted by Gasteiger charge is 2.17. The van der Waals surface area contributed by atoms with Gasteiger partial charge in [-0.25, -0.2) is 4.98 Å². The van der Waals surface area contributed by atoms with Crippen molar-refractivity contribution in [2.45, 2.75) is 13.3 Å². The lowest BCUT2D eigenvalue weighted by Gasteiger charge is -1.93. The molecule has 1 unspecified atom stereocenters. The molecule has 0 aromatic carbocycles. The van der Waals surface area contributed by atoms with Crippen LogP contribution in [0.2, 0.25) is 0 Å². The molecule has 1 atom stereocenters. The Hall–Kier alpha value is -1.67. The van der Waals surface area contributed by atoms with Gasteiger partial charge in [0, 0.05) is 12.5 Å². The van der Waals surface area contributed by atoms with Crippen LogP contribution >= 0.6 is 20.7 Å². The molecule has 3 heterocycles. The number of aromatic nitrogens is 5. The Bertz CT molecular complexity index is 708. The van der Waals surface area contributed by atoms with Gasteiger partial charge < -0.3 is 4.74 Å². The van der Waals surface area contributed by atoms with Gasteiger partial charge in [0.15, 0.2) is 20.9 Å². The quantitative estimate of drug-likeness (QED) is 0.544. The van der Waals surface area contributed by atoms with Crippen molar-refractivity contribution in [3.05, 3.63) is 29.7 Å². The summed E-state index contributed by atoms with van der Waals surface area (Å²) >= 11 is 0. The van der Waals surface area contributed by atoms with Crippen LogP contribution in [0.15, 0.2) is 23.8 Å². The average Bonchev–Trinajstić information content (AvgIpc) is 3.03. The van der Waals surface area contributed by atoms with Crippen LogP contribution in [0, 0.1) is 0 Å². The summed E-state index contributed by atoms with van der Waals surface area (Å²) in [7, 11) is 2.81. The van der Waals surface area contributed by atoms with Crippen molar-refractivity contribution in [3.63, 3.8) is 0 Å². The van der Waals surface area contributed by atoms with Gasteiger partial charge in [0.1, 0.15) is 6.33 Å². The summed E-state index contributed by atoms with van der Waals surface area (Å²) in [5, 5.41) is 7.46. The monoisotopic (exact) mass is 294 g/mol. The van der Waals surface area contributed by atoms with E-state index in [0.29, 0.717) is 5.88 Å². The molecule has 0 bridgehead atoms. The number of fused-ring (bicyclic) bond motifs is 1. The Morgan fingerprint density at radius 2 is 2.32 bits per heavy atom. The summed E-state index contributed by atoms with van der Waals surface area (Å²) in [6, 6.07) is 3.81. The van der Waals surface area contributed by atoms with Crippen LogP contribution < -0.4 is 4.74 Å². The zero-order valence-corrected chi connectivity index (χ0v) is 12.1. The molecule has 8 heteroatoms. The second-order valence-electron chi connectivity index (χ2n) is 3.74. The molecule has 3 aromatic rings. The highest BCUT2D eigenvalue weighted by atomic mass is 33.1. The SMILES string of the molecule is CCc1ncn(S[s+]2cc3ccc(OC)nc3n2)n1. The summed E-state index contributed by atoms with van der Waals surface area (Å²) in [5.74, 6) is 1.42. The summed E-state index contributed by atoms with van der Waals surface area (Å²) in [4.78, 5) is 8.51. The van der Waals surface area contributed by atoms with E-state index in [4.69, 9.17) is 4.74 Å². The molecule has 98 valence electrons. The van der Waals surface area contributed by atoms with Gasteiger partial charge in [0.05, 0.1) is 12.5 Å². The molecular formula is C11H12N5OS2+. The molecule has 0 saturated carbocycles. The molecule has 0 amide bonds. The lowest BCUT2D eigenvalue weighted by molar-refractivity contribution is 0.399. The van der Waals surface area contributed by atoms with E-state index in [2.05, 4.69) is 24.8 Å². The maximum Gasteiger partial charge on any atom is 0.295 e. The first kappa shape index (κ1) is 12.4. The molecule has 19 heavy (non-hydrogen) atoms. The largest absolute Gasteiger partial charge is 0.481 e.